The van der Waals surface area contributed by atoms with E-state index in [0.717, 1.165) is 70.4 Å². The van der Waals surface area contributed by atoms with Crippen LogP contribution in [0.4, 0.5) is 5.82 Å². The number of ether oxygens (including phenoxy) is 2. The highest BCUT2D eigenvalue weighted by Crippen LogP contribution is 2.18. The highest BCUT2D eigenvalue weighted by atomic mass is 16.5. The molecular formula is C22H37N5O2. The molecule has 0 aliphatic carbocycles. The van der Waals surface area contributed by atoms with Crippen LogP contribution >= 0.6 is 0 Å². The molecule has 0 spiro atoms. The summed E-state index contributed by atoms with van der Waals surface area (Å²) in [5.41, 5.74) is 1.22. The van der Waals surface area contributed by atoms with Crippen molar-refractivity contribution in [2.24, 2.45) is 4.99 Å². The van der Waals surface area contributed by atoms with Gasteiger partial charge in [0.05, 0.1) is 12.7 Å². The Morgan fingerprint density at radius 3 is 2.86 bits per heavy atom. The van der Waals surface area contributed by atoms with Gasteiger partial charge in [-0.1, -0.05) is 12.8 Å². The molecule has 1 aromatic rings. The molecule has 0 saturated carbocycles. The number of pyridine rings is 1. The summed E-state index contributed by atoms with van der Waals surface area (Å²) in [4.78, 5) is 11.3. The van der Waals surface area contributed by atoms with E-state index in [-0.39, 0.29) is 0 Å². The number of rotatable bonds is 9. The van der Waals surface area contributed by atoms with Gasteiger partial charge in [0.15, 0.2) is 5.96 Å². The zero-order valence-corrected chi connectivity index (χ0v) is 17.9. The van der Waals surface area contributed by atoms with Crippen LogP contribution in [-0.4, -0.2) is 63.6 Å². The van der Waals surface area contributed by atoms with Crippen molar-refractivity contribution in [2.45, 2.75) is 57.6 Å². The van der Waals surface area contributed by atoms with Crippen molar-refractivity contribution in [3.8, 4) is 0 Å². The molecule has 1 aromatic heterocycles. The molecule has 0 amide bonds. The quantitative estimate of drug-likeness (QED) is 0.375. The predicted octanol–water partition coefficient (Wildman–Crippen LogP) is 2.71. The average molecular weight is 404 g/mol. The summed E-state index contributed by atoms with van der Waals surface area (Å²) in [7, 11) is 1.80. The molecule has 29 heavy (non-hydrogen) atoms. The summed E-state index contributed by atoms with van der Waals surface area (Å²) in [5.74, 6) is 1.91. The van der Waals surface area contributed by atoms with E-state index >= 15 is 0 Å². The van der Waals surface area contributed by atoms with E-state index in [1.54, 1.807) is 7.05 Å². The number of hydrogen-bond donors (Lipinski definition) is 2. The Morgan fingerprint density at radius 2 is 2.10 bits per heavy atom. The third-order valence-electron chi connectivity index (χ3n) is 5.51. The summed E-state index contributed by atoms with van der Waals surface area (Å²) in [5, 5.41) is 6.75. The molecule has 2 aliphatic rings. The van der Waals surface area contributed by atoms with E-state index in [2.05, 4.69) is 37.6 Å². The van der Waals surface area contributed by atoms with Crippen LogP contribution in [0.1, 0.15) is 50.5 Å². The van der Waals surface area contributed by atoms with E-state index in [9.17, 15) is 0 Å². The number of nitrogens with one attached hydrogen (secondary N) is 2. The average Bonchev–Trinajstić information content (AvgIpc) is 3.12. The van der Waals surface area contributed by atoms with Gasteiger partial charge in [0.1, 0.15) is 5.82 Å². The monoisotopic (exact) mass is 403 g/mol. The Labute approximate surface area is 175 Å². The minimum Gasteiger partial charge on any atom is -0.379 e. The predicted molar refractivity (Wildman–Crippen MR) is 118 cm³/mol. The first-order valence-electron chi connectivity index (χ1n) is 11.2. The molecule has 162 valence electrons. The lowest BCUT2D eigenvalue weighted by Crippen LogP contribution is -2.37. The Hall–Kier alpha value is -1.86. The minimum atomic E-state index is 0.303. The second-order valence-corrected chi connectivity index (χ2v) is 7.84. The van der Waals surface area contributed by atoms with Crippen LogP contribution in [0.2, 0.25) is 0 Å². The number of nitrogens with zero attached hydrogens (tertiary/aromatic N) is 3. The lowest BCUT2D eigenvalue weighted by Gasteiger charge is -2.22. The van der Waals surface area contributed by atoms with E-state index in [0.29, 0.717) is 12.7 Å². The standard InChI is InChI=1S/C22H37N5O2/c1-23-22(25-10-7-14-28-18-20-8-6-15-29-20)26-17-19-9-11-24-21(16-19)27-12-4-2-3-5-13-27/h9,11,16,20H,2-8,10,12-15,17-18H2,1H3,(H2,23,25,26). The number of aliphatic imine (C=N–C) groups is 1. The van der Waals surface area contributed by atoms with Gasteiger partial charge >= 0.3 is 0 Å². The van der Waals surface area contributed by atoms with Crippen LogP contribution in [0, 0.1) is 0 Å². The van der Waals surface area contributed by atoms with E-state index < -0.39 is 0 Å². The van der Waals surface area contributed by atoms with Gasteiger partial charge in [0, 0.05) is 52.6 Å². The minimum absolute atomic E-state index is 0.303. The molecule has 2 N–H and O–H groups in total. The molecule has 3 rings (SSSR count). The van der Waals surface area contributed by atoms with Crippen LogP contribution in [0.25, 0.3) is 0 Å². The maximum Gasteiger partial charge on any atom is 0.191 e. The van der Waals surface area contributed by atoms with Crippen LogP contribution in [0.3, 0.4) is 0 Å². The Kier molecular flexibility index (Phi) is 9.53. The Balaban J connectivity index is 1.33. The fourth-order valence-electron chi connectivity index (χ4n) is 3.82. The second kappa shape index (κ2) is 12.6. The van der Waals surface area contributed by atoms with Gasteiger partial charge in [0.2, 0.25) is 0 Å². The van der Waals surface area contributed by atoms with Gasteiger partial charge in [-0.05, 0) is 49.8 Å². The van der Waals surface area contributed by atoms with Crippen LogP contribution < -0.4 is 15.5 Å². The van der Waals surface area contributed by atoms with Gasteiger partial charge in [-0.25, -0.2) is 4.98 Å². The zero-order valence-electron chi connectivity index (χ0n) is 17.9. The largest absolute Gasteiger partial charge is 0.379 e. The molecule has 2 saturated heterocycles. The third kappa shape index (κ3) is 7.82. The number of guanidine groups is 1. The van der Waals surface area contributed by atoms with E-state index in [4.69, 9.17) is 9.47 Å². The molecule has 2 aliphatic heterocycles. The van der Waals surface area contributed by atoms with Crippen molar-refractivity contribution in [3.63, 3.8) is 0 Å². The molecule has 3 heterocycles. The van der Waals surface area contributed by atoms with Crippen molar-refractivity contribution < 1.29 is 9.47 Å². The van der Waals surface area contributed by atoms with Crippen molar-refractivity contribution in [3.05, 3.63) is 23.9 Å². The molecule has 0 aromatic carbocycles. The zero-order chi connectivity index (χ0) is 20.2. The highest BCUT2D eigenvalue weighted by Gasteiger charge is 2.15. The van der Waals surface area contributed by atoms with Crippen molar-refractivity contribution in [1.82, 2.24) is 15.6 Å². The lowest BCUT2D eigenvalue weighted by molar-refractivity contribution is 0.0168. The number of anilines is 1. The summed E-state index contributed by atoms with van der Waals surface area (Å²) in [6.07, 6.45) is 10.6. The van der Waals surface area contributed by atoms with Crippen LogP contribution in [-0.2, 0) is 16.0 Å². The smallest absolute Gasteiger partial charge is 0.191 e. The lowest BCUT2D eigenvalue weighted by atomic mass is 10.2. The SMILES string of the molecule is CN=C(NCCCOCC1CCCO1)NCc1ccnc(N2CCCCCC2)c1. The maximum absolute atomic E-state index is 5.71. The molecule has 7 nitrogen and oxygen atoms in total. The molecule has 1 unspecified atom stereocenters. The van der Waals surface area contributed by atoms with Crippen LogP contribution in [0.15, 0.2) is 23.3 Å². The first-order chi connectivity index (χ1) is 14.3. The number of hydrogen-bond acceptors (Lipinski definition) is 5. The summed E-state index contributed by atoms with van der Waals surface area (Å²) in [6.45, 7) is 6.14. The normalized spacial score (nSPS) is 20.5. The van der Waals surface area contributed by atoms with Crippen molar-refractivity contribution in [2.75, 3.05) is 51.4 Å². The Morgan fingerprint density at radius 1 is 1.24 bits per heavy atom. The molecular weight excluding hydrogens is 366 g/mol. The fourth-order valence-corrected chi connectivity index (χ4v) is 3.82. The third-order valence-corrected chi connectivity index (χ3v) is 5.51. The molecule has 0 radical (unpaired) electrons. The molecule has 1 atom stereocenters. The molecule has 2 fully saturated rings. The van der Waals surface area contributed by atoms with Crippen LogP contribution in [0.5, 0.6) is 0 Å². The maximum atomic E-state index is 5.71. The first-order valence-corrected chi connectivity index (χ1v) is 11.2. The Bertz CT molecular complexity index is 611. The van der Waals surface area contributed by atoms with Gasteiger partial charge in [-0.2, -0.15) is 0 Å². The van der Waals surface area contributed by atoms with E-state index in [1.807, 2.05) is 6.20 Å². The molecule has 7 heteroatoms. The second-order valence-electron chi connectivity index (χ2n) is 7.84. The summed E-state index contributed by atoms with van der Waals surface area (Å²) < 4.78 is 11.3. The number of aromatic nitrogens is 1. The highest BCUT2D eigenvalue weighted by molar-refractivity contribution is 5.79. The van der Waals surface area contributed by atoms with Crippen molar-refractivity contribution in [1.29, 1.82) is 0 Å². The van der Waals surface area contributed by atoms with Gasteiger partial charge < -0.3 is 25.0 Å². The first kappa shape index (κ1) is 21.8. The summed E-state index contributed by atoms with van der Waals surface area (Å²) in [6, 6.07) is 4.27. The van der Waals surface area contributed by atoms with Gasteiger partial charge in [-0.3, -0.25) is 4.99 Å². The van der Waals surface area contributed by atoms with Crippen molar-refractivity contribution >= 4 is 11.8 Å². The topological polar surface area (TPSA) is 71.0 Å². The van der Waals surface area contributed by atoms with Gasteiger partial charge in [-0.15, -0.1) is 0 Å². The summed E-state index contributed by atoms with van der Waals surface area (Å²) >= 11 is 0. The van der Waals surface area contributed by atoms with Gasteiger partial charge in [0.25, 0.3) is 0 Å². The van der Waals surface area contributed by atoms with E-state index in [1.165, 1.54) is 31.2 Å². The molecule has 0 bridgehead atoms. The fraction of sp³-hybridized carbons (Fsp3) is 0.727.